The minimum absolute atomic E-state index is 0. The smallest absolute Gasteiger partial charge is 0.161 e. The Morgan fingerprint density at radius 3 is 2.92 bits per heavy atom. The summed E-state index contributed by atoms with van der Waals surface area (Å²) < 4.78 is 8.14. The molecule has 1 unspecified atom stereocenters. The van der Waals surface area contributed by atoms with Crippen molar-refractivity contribution < 1.29 is 9.84 Å². The van der Waals surface area contributed by atoms with Gasteiger partial charge in [-0.15, -0.1) is 12.4 Å². The molecule has 1 aliphatic heterocycles. The molecule has 2 N–H and O–H groups in total. The summed E-state index contributed by atoms with van der Waals surface area (Å²) in [5, 5.41) is 13.5. The highest BCUT2D eigenvalue weighted by Gasteiger charge is 2.27. The average molecular weight is 418 g/mol. The van der Waals surface area contributed by atoms with Gasteiger partial charge in [0.1, 0.15) is 5.82 Å². The minimum Gasteiger partial charge on any atom is -0.504 e. The molecule has 1 saturated heterocycles. The van der Waals surface area contributed by atoms with Crippen LogP contribution in [-0.2, 0) is 13.6 Å². The number of halogens is 2. The van der Waals surface area contributed by atoms with E-state index in [4.69, 9.17) is 4.74 Å². The van der Waals surface area contributed by atoms with Crippen molar-refractivity contribution in [3.8, 4) is 11.5 Å². The first-order valence-electron chi connectivity index (χ1n) is 7.57. The van der Waals surface area contributed by atoms with Crippen LogP contribution in [0.25, 0.3) is 0 Å². The Morgan fingerprint density at radius 1 is 1.46 bits per heavy atom. The van der Waals surface area contributed by atoms with E-state index < -0.39 is 0 Å². The molecule has 24 heavy (non-hydrogen) atoms. The van der Waals surface area contributed by atoms with Crippen LogP contribution in [0.1, 0.15) is 17.4 Å². The highest BCUT2D eigenvalue weighted by Crippen LogP contribution is 2.34. The van der Waals surface area contributed by atoms with Crippen LogP contribution in [0, 0.1) is 0 Å². The Morgan fingerprint density at radius 2 is 2.25 bits per heavy atom. The molecule has 132 valence electrons. The zero-order chi connectivity index (χ0) is 16.4. The highest BCUT2D eigenvalue weighted by atomic mass is 79.9. The fraction of sp³-hybridized carbons (Fsp3) is 0.438. The van der Waals surface area contributed by atoms with Crippen LogP contribution < -0.4 is 10.1 Å². The molecule has 0 aliphatic carbocycles. The molecule has 1 atom stereocenters. The van der Waals surface area contributed by atoms with E-state index in [1.54, 1.807) is 13.2 Å². The molecule has 8 heteroatoms. The average Bonchev–Trinajstić information content (AvgIpc) is 2.97. The van der Waals surface area contributed by atoms with E-state index in [0.717, 1.165) is 42.0 Å². The molecule has 1 fully saturated rings. The quantitative estimate of drug-likeness (QED) is 0.800. The Labute approximate surface area is 156 Å². The van der Waals surface area contributed by atoms with Crippen LogP contribution >= 0.6 is 28.3 Å². The number of methoxy groups -OCH3 is 1. The molecule has 0 bridgehead atoms. The molecule has 0 saturated carbocycles. The Kier molecular flexibility index (Phi) is 6.51. The van der Waals surface area contributed by atoms with Gasteiger partial charge < -0.3 is 19.7 Å². The number of piperazine rings is 1. The second-order valence-corrected chi connectivity index (χ2v) is 6.56. The number of phenols is 1. The van der Waals surface area contributed by atoms with Crippen molar-refractivity contribution >= 4 is 28.3 Å². The third kappa shape index (κ3) is 3.85. The molecule has 2 heterocycles. The lowest BCUT2D eigenvalue weighted by atomic mass is 10.1. The normalized spacial score (nSPS) is 18.2. The van der Waals surface area contributed by atoms with Gasteiger partial charge in [0.05, 0.1) is 13.2 Å². The zero-order valence-corrected chi connectivity index (χ0v) is 16.1. The van der Waals surface area contributed by atoms with E-state index in [1.807, 2.05) is 25.5 Å². The van der Waals surface area contributed by atoms with Crippen LogP contribution in [0.4, 0.5) is 0 Å². The van der Waals surface area contributed by atoms with Gasteiger partial charge >= 0.3 is 0 Å². The van der Waals surface area contributed by atoms with Gasteiger partial charge in [0.25, 0.3) is 0 Å². The molecule has 1 aromatic carbocycles. The van der Waals surface area contributed by atoms with E-state index in [9.17, 15) is 5.11 Å². The Balaban J connectivity index is 0.00000208. The summed E-state index contributed by atoms with van der Waals surface area (Å²) >= 11 is 3.58. The lowest BCUT2D eigenvalue weighted by Crippen LogP contribution is -2.46. The first-order chi connectivity index (χ1) is 11.1. The number of imidazole rings is 1. The molecule has 3 rings (SSSR count). The molecular formula is C16H22BrClN4O2. The summed E-state index contributed by atoms with van der Waals surface area (Å²) in [5.74, 6) is 1.68. The fourth-order valence-electron chi connectivity index (χ4n) is 2.98. The summed E-state index contributed by atoms with van der Waals surface area (Å²) in [6, 6.07) is 3.78. The minimum atomic E-state index is 0. The number of nitrogens with zero attached hydrogens (tertiary/aromatic N) is 3. The van der Waals surface area contributed by atoms with Crippen molar-refractivity contribution in [3.05, 3.63) is 40.4 Å². The van der Waals surface area contributed by atoms with E-state index in [1.165, 1.54) is 0 Å². The van der Waals surface area contributed by atoms with Gasteiger partial charge in [-0.2, -0.15) is 0 Å². The number of hydrogen-bond donors (Lipinski definition) is 2. The summed E-state index contributed by atoms with van der Waals surface area (Å²) in [4.78, 5) is 6.88. The molecule has 1 aliphatic rings. The van der Waals surface area contributed by atoms with Crippen molar-refractivity contribution in [2.45, 2.75) is 12.6 Å². The maximum absolute atomic E-state index is 10.0. The SMILES string of the molecule is COc1cc(Br)c(CN2CCNCC2c2nccn2C)cc1O.Cl. The molecule has 0 spiro atoms. The number of aromatic hydroxyl groups is 1. The van der Waals surface area contributed by atoms with E-state index in [-0.39, 0.29) is 24.2 Å². The second-order valence-electron chi connectivity index (χ2n) is 5.70. The molecule has 0 amide bonds. The predicted octanol–water partition coefficient (Wildman–Crippen LogP) is 2.47. The Hall–Kier alpha value is -1.28. The number of aromatic nitrogens is 2. The molecule has 2 aromatic rings. The van der Waals surface area contributed by atoms with Gasteiger partial charge in [-0.1, -0.05) is 15.9 Å². The number of rotatable bonds is 4. The number of ether oxygens (including phenoxy) is 1. The first-order valence-corrected chi connectivity index (χ1v) is 8.37. The monoisotopic (exact) mass is 416 g/mol. The molecule has 0 radical (unpaired) electrons. The first kappa shape index (κ1) is 19.1. The molecule has 6 nitrogen and oxygen atoms in total. The highest BCUT2D eigenvalue weighted by molar-refractivity contribution is 9.10. The lowest BCUT2D eigenvalue weighted by molar-refractivity contribution is 0.144. The van der Waals surface area contributed by atoms with Gasteiger partial charge in [-0.05, 0) is 17.7 Å². The third-order valence-corrected chi connectivity index (χ3v) is 4.97. The standard InChI is InChI=1S/C16H21BrN4O2.ClH/c1-20-5-4-19-16(20)13-9-18-3-6-21(13)10-11-7-14(22)15(23-2)8-12(11)17;/h4-5,7-8,13,18,22H,3,6,9-10H2,1-2H3;1H. The van der Waals surface area contributed by atoms with Crippen LogP contribution in [-0.4, -0.2) is 46.3 Å². The number of benzene rings is 1. The van der Waals surface area contributed by atoms with Crippen molar-refractivity contribution in [2.75, 3.05) is 26.7 Å². The van der Waals surface area contributed by atoms with E-state index >= 15 is 0 Å². The van der Waals surface area contributed by atoms with Gasteiger partial charge in [0, 0.05) is 50.1 Å². The predicted molar refractivity (Wildman–Crippen MR) is 98.8 cm³/mol. The van der Waals surface area contributed by atoms with Gasteiger partial charge in [-0.3, -0.25) is 4.90 Å². The summed E-state index contributed by atoms with van der Waals surface area (Å²) in [6.07, 6.45) is 3.80. The van der Waals surface area contributed by atoms with Gasteiger partial charge in [0.2, 0.25) is 0 Å². The van der Waals surface area contributed by atoms with Crippen molar-refractivity contribution in [2.24, 2.45) is 7.05 Å². The maximum atomic E-state index is 10.0. The van der Waals surface area contributed by atoms with Crippen molar-refractivity contribution in [1.82, 2.24) is 19.8 Å². The van der Waals surface area contributed by atoms with Crippen LogP contribution in [0.5, 0.6) is 11.5 Å². The third-order valence-electron chi connectivity index (χ3n) is 4.23. The van der Waals surface area contributed by atoms with Crippen LogP contribution in [0.3, 0.4) is 0 Å². The number of aryl methyl sites for hydroxylation is 1. The van der Waals surface area contributed by atoms with E-state index in [2.05, 4.69) is 35.7 Å². The summed E-state index contributed by atoms with van der Waals surface area (Å²) in [7, 11) is 3.57. The van der Waals surface area contributed by atoms with Gasteiger partial charge in [-0.25, -0.2) is 4.98 Å². The summed E-state index contributed by atoms with van der Waals surface area (Å²) in [6.45, 7) is 3.47. The number of hydrogen-bond acceptors (Lipinski definition) is 5. The molecular weight excluding hydrogens is 396 g/mol. The van der Waals surface area contributed by atoms with Gasteiger partial charge in [0.15, 0.2) is 11.5 Å². The molecule has 1 aromatic heterocycles. The largest absolute Gasteiger partial charge is 0.504 e. The van der Waals surface area contributed by atoms with Crippen molar-refractivity contribution in [3.63, 3.8) is 0 Å². The Bertz CT molecular complexity index is 695. The second kappa shape index (κ2) is 8.20. The van der Waals surface area contributed by atoms with E-state index in [0.29, 0.717) is 5.75 Å². The van der Waals surface area contributed by atoms with Crippen LogP contribution in [0.15, 0.2) is 29.0 Å². The van der Waals surface area contributed by atoms with Crippen LogP contribution in [0.2, 0.25) is 0 Å². The maximum Gasteiger partial charge on any atom is 0.161 e. The van der Waals surface area contributed by atoms with Crippen molar-refractivity contribution in [1.29, 1.82) is 0 Å². The number of nitrogens with one attached hydrogen (secondary N) is 1. The summed E-state index contributed by atoms with van der Waals surface area (Å²) in [5.41, 5.74) is 1.03. The number of phenolic OH excluding ortho intramolecular Hbond substituents is 1. The fourth-order valence-corrected chi connectivity index (χ4v) is 3.43. The lowest BCUT2D eigenvalue weighted by Gasteiger charge is -2.36. The zero-order valence-electron chi connectivity index (χ0n) is 13.7. The topological polar surface area (TPSA) is 62.5 Å².